The lowest BCUT2D eigenvalue weighted by Crippen LogP contribution is -2.40. The maximum atomic E-state index is 5.66. The molecule has 1 rings (SSSR count). The highest BCUT2D eigenvalue weighted by Crippen LogP contribution is 2.12. The molecule has 1 aliphatic heterocycles. The molecular formula is C9H20N2O. The first kappa shape index (κ1) is 9.96. The molecule has 3 nitrogen and oxygen atoms in total. The van der Waals surface area contributed by atoms with E-state index < -0.39 is 0 Å². The molecule has 1 saturated heterocycles. The van der Waals surface area contributed by atoms with Crippen molar-refractivity contribution in [3.05, 3.63) is 0 Å². The average Bonchev–Trinajstić information content (AvgIpc) is 2.15. The summed E-state index contributed by atoms with van der Waals surface area (Å²) in [4.78, 5) is 2.27. The van der Waals surface area contributed by atoms with Crippen molar-refractivity contribution in [2.24, 2.45) is 5.73 Å². The quantitative estimate of drug-likeness (QED) is 0.681. The summed E-state index contributed by atoms with van der Waals surface area (Å²) in [5.41, 5.74) is 5.53. The van der Waals surface area contributed by atoms with Gasteiger partial charge in [-0.05, 0) is 19.3 Å². The molecule has 0 spiro atoms. The maximum absolute atomic E-state index is 5.66. The van der Waals surface area contributed by atoms with Gasteiger partial charge in [-0.25, -0.2) is 0 Å². The molecule has 72 valence electrons. The molecule has 0 aromatic rings. The Labute approximate surface area is 74.9 Å². The van der Waals surface area contributed by atoms with Crippen LogP contribution in [0.1, 0.15) is 26.2 Å². The summed E-state index contributed by atoms with van der Waals surface area (Å²) in [6, 6.07) is 0. The van der Waals surface area contributed by atoms with Gasteiger partial charge < -0.3 is 10.5 Å². The molecule has 0 radical (unpaired) electrons. The van der Waals surface area contributed by atoms with Gasteiger partial charge in [-0.1, -0.05) is 6.92 Å². The fourth-order valence-electron chi connectivity index (χ4n) is 1.54. The number of piperidine rings is 1. The van der Waals surface area contributed by atoms with Gasteiger partial charge in [-0.3, -0.25) is 4.90 Å². The maximum Gasteiger partial charge on any atom is 0.0599 e. The van der Waals surface area contributed by atoms with Crippen molar-refractivity contribution in [3.8, 4) is 0 Å². The molecule has 0 amide bonds. The average molecular weight is 172 g/mol. The number of nitrogens with zero attached hydrogens (tertiary/aromatic N) is 1. The van der Waals surface area contributed by atoms with Crippen LogP contribution in [0.4, 0.5) is 0 Å². The minimum Gasteiger partial charge on any atom is -0.378 e. The van der Waals surface area contributed by atoms with Crippen LogP contribution in [0.15, 0.2) is 0 Å². The van der Waals surface area contributed by atoms with Gasteiger partial charge in [0.15, 0.2) is 0 Å². The van der Waals surface area contributed by atoms with E-state index in [4.69, 9.17) is 10.5 Å². The Balaban J connectivity index is 2.09. The first-order valence-corrected chi connectivity index (χ1v) is 4.90. The highest BCUT2D eigenvalue weighted by atomic mass is 16.5. The zero-order chi connectivity index (χ0) is 8.81. The molecule has 2 N–H and O–H groups in total. The first-order valence-electron chi connectivity index (χ1n) is 4.90. The molecule has 3 heteroatoms. The molecule has 0 aromatic heterocycles. The van der Waals surface area contributed by atoms with E-state index in [1.54, 1.807) is 0 Å². The molecular weight excluding hydrogens is 152 g/mol. The van der Waals surface area contributed by atoms with E-state index >= 15 is 0 Å². The largest absolute Gasteiger partial charge is 0.378 e. The van der Waals surface area contributed by atoms with Gasteiger partial charge in [0, 0.05) is 26.4 Å². The fourth-order valence-corrected chi connectivity index (χ4v) is 1.54. The summed E-state index contributed by atoms with van der Waals surface area (Å²) in [7, 11) is 0. The summed E-state index contributed by atoms with van der Waals surface area (Å²) in [5.74, 6) is 0. The minimum atomic E-state index is 0.493. The number of ether oxygens (including phenoxy) is 1. The van der Waals surface area contributed by atoms with Crippen molar-refractivity contribution < 1.29 is 4.74 Å². The van der Waals surface area contributed by atoms with Crippen molar-refractivity contribution in [1.29, 1.82) is 0 Å². The molecule has 1 heterocycles. The van der Waals surface area contributed by atoms with Crippen LogP contribution in [0.5, 0.6) is 0 Å². The summed E-state index contributed by atoms with van der Waals surface area (Å²) < 4.78 is 5.66. The van der Waals surface area contributed by atoms with E-state index in [1.165, 1.54) is 0 Å². The molecule has 12 heavy (non-hydrogen) atoms. The third-order valence-corrected chi connectivity index (χ3v) is 2.35. The van der Waals surface area contributed by atoms with Crippen molar-refractivity contribution in [1.82, 2.24) is 4.90 Å². The Morgan fingerprint density at radius 2 is 2.08 bits per heavy atom. The van der Waals surface area contributed by atoms with Crippen LogP contribution in [0.25, 0.3) is 0 Å². The van der Waals surface area contributed by atoms with E-state index in [0.29, 0.717) is 12.8 Å². The second-order valence-electron chi connectivity index (χ2n) is 3.37. The van der Waals surface area contributed by atoms with Gasteiger partial charge in [0.05, 0.1) is 6.10 Å². The van der Waals surface area contributed by atoms with Crippen LogP contribution in [0.3, 0.4) is 0 Å². The van der Waals surface area contributed by atoms with Crippen molar-refractivity contribution in [2.75, 3.05) is 26.4 Å². The monoisotopic (exact) mass is 172 g/mol. The van der Waals surface area contributed by atoms with Crippen molar-refractivity contribution >= 4 is 0 Å². The van der Waals surface area contributed by atoms with Gasteiger partial charge in [0.1, 0.15) is 0 Å². The van der Waals surface area contributed by atoms with Gasteiger partial charge in [0.25, 0.3) is 0 Å². The Kier molecular flexibility index (Phi) is 4.58. The molecule has 0 bridgehead atoms. The zero-order valence-electron chi connectivity index (χ0n) is 7.96. The molecule has 1 fully saturated rings. The SMILES string of the molecule is CCCOC1CCN(CN)CC1. The predicted octanol–water partition coefficient (Wildman–Crippen LogP) is 0.794. The lowest BCUT2D eigenvalue weighted by Gasteiger charge is -2.30. The molecule has 1 aliphatic rings. The van der Waals surface area contributed by atoms with E-state index in [0.717, 1.165) is 39.0 Å². The minimum absolute atomic E-state index is 0.493. The second kappa shape index (κ2) is 5.51. The molecule has 0 unspecified atom stereocenters. The van der Waals surface area contributed by atoms with Crippen molar-refractivity contribution in [3.63, 3.8) is 0 Å². The lowest BCUT2D eigenvalue weighted by atomic mass is 10.1. The first-order chi connectivity index (χ1) is 5.86. The van der Waals surface area contributed by atoms with Crippen LogP contribution in [-0.2, 0) is 4.74 Å². The summed E-state index contributed by atoms with van der Waals surface area (Å²) in [6.45, 7) is 5.96. The van der Waals surface area contributed by atoms with Gasteiger partial charge in [-0.15, -0.1) is 0 Å². The third-order valence-electron chi connectivity index (χ3n) is 2.35. The number of nitrogens with two attached hydrogens (primary N) is 1. The van der Waals surface area contributed by atoms with Gasteiger partial charge in [0.2, 0.25) is 0 Å². The van der Waals surface area contributed by atoms with E-state index in [-0.39, 0.29) is 0 Å². The Hall–Kier alpha value is -0.120. The van der Waals surface area contributed by atoms with E-state index in [2.05, 4.69) is 11.8 Å². The molecule has 0 atom stereocenters. The van der Waals surface area contributed by atoms with Crippen molar-refractivity contribution in [2.45, 2.75) is 32.3 Å². The van der Waals surface area contributed by atoms with Crippen LogP contribution in [-0.4, -0.2) is 37.4 Å². The summed E-state index contributed by atoms with van der Waals surface area (Å²) in [5, 5.41) is 0. The second-order valence-corrected chi connectivity index (χ2v) is 3.37. The zero-order valence-corrected chi connectivity index (χ0v) is 7.96. The van der Waals surface area contributed by atoms with E-state index in [1.807, 2.05) is 0 Å². The predicted molar refractivity (Wildman–Crippen MR) is 49.9 cm³/mol. The van der Waals surface area contributed by atoms with Crippen LogP contribution in [0.2, 0.25) is 0 Å². The molecule has 0 saturated carbocycles. The van der Waals surface area contributed by atoms with Crippen LogP contribution in [0, 0.1) is 0 Å². The molecule has 0 aromatic carbocycles. The highest BCUT2D eigenvalue weighted by Gasteiger charge is 2.17. The third kappa shape index (κ3) is 3.09. The summed E-state index contributed by atoms with van der Waals surface area (Å²) in [6.07, 6.45) is 3.92. The normalized spacial score (nSPS) is 21.5. The lowest BCUT2D eigenvalue weighted by molar-refractivity contribution is 0.00845. The fraction of sp³-hybridized carbons (Fsp3) is 1.00. The molecule has 0 aliphatic carbocycles. The number of hydrogen-bond donors (Lipinski definition) is 1. The topological polar surface area (TPSA) is 38.5 Å². The Morgan fingerprint density at radius 1 is 1.42 bits per heavy atom. The van der Waals surface area contributed by atoms with Gasteiger partial charge in [-0.2, -0.15) is 0 Å². The Morgan fingerprint density at radius 3 is 2.58 bits per heavy atom. The van der Waals surface area contributed by atoms with Gasteiger partial charge >= 0.3 is 0 Å². The summed E-state index contributed by atoms with van der Waals surface area (Å²) >= 11 is 0. The highest BCUT2D eigenvalue weighted by molar-refractivity contribution is 4.70. The number of hydrogen-bond acceptors (Lipinski definition) is 3. The smallest absolute Gasteiger partial charge is 0.0599 e. The number of rotatable bonds is 4. The Bertz CT molecular complexity index is 111. The van der Waals surface area contributed by atoms with Crippen LogP contribution >= 0.6 is 0 Å². The standard InChI is InChI=1S/C9H20N2O/c1-2-7-12-9-3-5-11(8-10)6-4-9/h9H,2-8,10H2,1H3. The van der Waals surface area contributed by atoms with Crippen LogP contribution < -0.4 is 5.73 Å². The van der Waals surface area contributed by atoms with E-state index in [9.17, 15) is 0 Å². The number of likely N-dealkylation sites (tertiary alicyclic amines) is 1.